The molecule has 0 aliphatic rings. The van der Waals surface area contributed by atoms with Crippen LogP contribution < -0.4 is 0 Å². The number of carboxylic acid groups (broad SMARTS) is 1. The van der Waals surface area contributed by atoms with E-state index in [1.54, 1.807) is 18.2 Å². The fourth-order valence-electron chi connectivity index (χ4n) is 3.08. The molecule has 1 aromatic heterocycles. The Labute approximate surface area is 144 Å². The summed E-state index contributed by atoms with van der Waals surface area (Å²) in [5, 5.41) is 9.17. The van der Waals surface area contributed by atoms with E-state index in [2.05, 4.69) is 30.1 Å². The van der Waals surface area contributed by atoms with Crippen molar-refractivity contribution in [2.75, 3.05) is 0 Å². The summed E-state index contributed by atoms with van der Waals surface area (Å²) in [6, 6.07) is 21.1. The van der Waals surface area contributed by atoms with Crippen LogP contribution in [-0.4, -0.2) is 21.0 Å². The number of carboxylic acids is 1. The Morgan fingerprint density at radius 1 is 0.960 bits per heavy atom. The van der Waals surface area contributed by atoms with Crippen LogP contribution in [0.2, 0.25) is 0 Å². The molecule has 0 aliphatic heterocycles. The van der Waals surface area contributed by atoms with Crippen molar-refractivity contribution in [3.63, 3.8) is 0 Å². The molecule has 4 rings (SSSR count). The van der Waals surface area contributed by atoms with Crippen molar-refractivity contribution in [3.8, 4) is 22.5 Å². The lowest BCUT2D eigenvalue weighted by atomic mass is 9.99. The van der Waals surface area contributed by atoms with Crippen molar-refractivity contribution in [3.05, 3.63) is 77.9 Å². The van der Waals surface area contributed by atoms with E-state index in [4.69, 9.17) is 4.98 Å². The number of hydrogen-bond donors (Lipinski definition) is 2. The lowest BCUT2D eigenvalue weighted by Crippen LogP contribution is -1.96. The monoisotopic (exact) mass is 328 g/mol. The Bertz CT molecular complexity index is 1080. The number of aromatic nitrogens is 2. The fourth-order valence-corrected chi connectivity index (χ4v) is 3.08. The van der Waals surface area contributed by atoms with E-state index in [1.807, 2.05) is 30.3 Å². The first-order chi connectivity index (χ1) is 12.1. The highest BCUT2D eigenvalue weighted by atomic mass is 16.4. The van der Waals surface area contributed by atoms with Gasteiger partial charge < -0.3 is 10.1 Å². The maximum atomic E-state index is 11.2. The maximum absolute atomic E-state index is 11.2. The van der Waals surface area contributed by atoms with Gasteiger partial charge in [0.2, 0.25) is 0 Å². The Hall–Kier alpha value is -3.40. The lowest BCUT2D eigenvalue weighted by molar-refractivity contribution is 0.0697. The van der Waals surface area contributed by atoms with Crippen LogP contribution in [0.25, 0.3) is 33.5 Å². The highest BCUT2D eigenvalue weighted by Crippen LogP contribution is 2.30. The summed E-state index contributed by atoms with van der Waals surface area (Å²) >= 11 is 0. The number of nitrogens with zero attached hydrogens (tertiary/aromatic N) is 1. The standard InChI is InChI=1S/C21H16N2O2/c1-13-17(14-6-3-2-4-7-14)10-11-18-19(13)23-20(22-18)15-8-5-9-16(12-15)21(24)25/h2-12H,1H3,(H,22,23)(H,24,25). The molecule has 0 saturated heterocycles. The van der Waals surface area contributed by atoms with Crippen molar-refractivity contribution in [2.24, 2.45) is 0 Å². The number of aromatic carboxylic acids is 1. The van der Waals surface area contributed by atoms with Crippen molar-refractivity contribution in [2.45, 2.75) is 6.92 Å². The van der Waals surface area contributed by atoms with Gasteiger partial charge in [0.1, 0.15) is 5.82 Å². The number of hydrogen-bond acceptors (Lipinski definition) is 2. The molecule has 2 N–H and O–H groups in total. The van der Waals surface area contributed by atoms with Gasteiger partial charge in [0.15, 0.2) is 0 Å². The molecule has 0 saturated carbocycles. The number of aryl methyl sites for hydroxylation is 1. The zero-order chi connectivity index (χ0) is 17.4. The summed E-state index contributed by atoms with van der Waals surface area (Å²) in [6.45, 7) is 2.06. The third-order valence-corrected chi connectivity index (χ3v) is 4.38. The van der Waals surface area contributed by atoms with Gasteiger partial charge in [-0.3, -0.25) is 0 Å². The normalized spacial score (nSPS) is 10.9. The molecule has 0 amide bonds. The lowest BCUT2D eigenvalue weighted by Gasteiger charge is -2.06. The minimum Gasteiger partial charge on any atom is -0.478 e. The van der Waals surface area contributed by atoms with Crippen LogP contribution in [0.4, 0.5) is 0 Å². The Kier molecular flexibility index (Phi) is 3.58. The van der Waals surface area contributed by atoms with Gasteiger partial charge in [-0.1, -0.05) is 48.5 Å². The molecule has 0 spiro atoms. The minimum atomic E-state index is -0.944. The Morgan fingerprint density at radius 2 is 1.72 bits per heavy atom. The van der Waals surface area contributed by atoms with E-state index in [0.29, 0.717) is 5.82 Å². The van der Waals surface area contributed by atoms with E-state index in [-0.39, 0.29) is 5.56 Å². The smallest absolute Gasteiger partial charge is 0.335 e. The highest BCUT2D eigenvalue weighted by molar-refractivity contribution is 5.91. The van der Waals surface area contributed by atoms with Gasteiger partial charge >= 0.3 is 5.97 Å². The molecular formula is C21H16N2O2. The van der Waals surface area contributed by atoms with E-state index < -0.39 is 5.97 Å². The first-order valence-corrected chi connectivity index (χ1v) is 8.02. The maximum Gasteiger partial charge on any atom is 0.335 e. The first-order valence-electron chi connectivity index (χ1n) is 8.02. The van der Waals surface area contributed by atoms with E-state index in [9.17, 15) is 9.90 Å². The van der Waals surface area contributed by atoms with Crippen molar-refractivity contribution in [1.82, 2.24) is 9.97 Å². The van der Waals surface area contributed by atoms with Gasteiger partial charge in [-0.15, -0.1) is 0 Å². The summed E-state index contributed by atoms with van der Waals surface area (Å²) in [5.41, 5.74) is 6.24. The van der Waals surface area contributed by atoms with Crippen molar-refractivity contribution < 1.29 is 9.90 Å². The second kappa shape index (κ2) is 5.91. The van der Waals surface area contributed by atoms with E-state index in [0.717, 1.165) is 33.3 Å². The molecule has 1 heterocycles. The summed E-state index contributed by atoms with van der Waals surface area (Å²) in [6.07, 6.45) is 0. The molecular weight excluding hydrogens is 312 g/mol. The molecule has 4 aromatic rings. The molecule has 0 radical (unpaired) electrons. The molecule has 0 unspecified atom stereocenters. The van der Waals surface area contributed by atoms with Crippen LogP contribution in [0.5, 0.6) is 0 Å². The fraction of sp³-hybridized carbons (Fsp3) is 0.0476. The first kappa shape index (κ1) is 15.1. The number of fused-ring (bicyclic) bond motifs is 1. The van der Waals surface area contributed by atoms with Crippen LogP contribution in [-0.2, 0) is 0 Å². The molecule has 0 aliphatic carbocycles. The van der Waals surface area contributed by atoms with Crippen LogP contribution in [0.15, 0.2) is 66.7 Å². The summed E-state index contributed by atoms with van der Waals surface area (Å²) in [4.78, 5) is 19.2. The summed E-state index contributed by atoms with van der Waals surface area (Å²) in [7, 11) is 0. The Morgan fingerprint density at radius 3 is 2.48 bits per heavy atom. The van der Waals surface area contributed by atoms with Crippen molar-refractivity contribution >= 4 is 17.0 Å². The van der Waals surface area contributed by atoms with E-state index >= 15 is 0 Å². The predicted molar refractivity (Wildman–Crippen MR) is 98.7 cm³/mol. The zero-order valence-electron chi connectivity index (χ0n) is 13.7. The molecule has 0 fully saturated rings. The number of carbonyl (C=O) groups is 1. The third kappa shape index (κ3) is 2.68. The molecule has 0 bridgehead atoms. The summed E-state index contributed by atoms with van der Waals surface area (Å²) in [5.74, 6) is -0.271. The largest absolute Gasteiger partial charge is 0.478 e. The third-order valence-electron chi connectivity index (χ3n) is 4.38. The SMILES string of the molecule is Cc1c(-c2ccccc2)ccc2[nH]c(-c3cccc(C(=O)O)c3)nc12. The summed E-state index contributed by atoms with van der Waals surface area (Å²) < 4.78 is 0. The molecule has 25 heavy (non-hydrogen) atoms. The number of nitrogens with one attached hydrogen (secondary N) is 1. The quantitative estimate of drug-likeness (QED) is 0.562. The topological polar surface area (TPSA) is 66.0 Å². The van der Waals surface area contributed by atoms with Crippen LogP contribution in [0, 0.1) is 6.92 Å². The predicted octanol–water partition coefficient (Wildman–Crippen LogP) is 4.90. The second-order valence-electron chi connectivity index (χ2n) is 5.97. The van der Waals surface area contributed by atoms with Gasteiger partial charge in [0.05, 0.1) is 16.6 Å². The van der Waals surface area contributed by atoms with Crippen LogP contribution >= 0.6 is 0 Å². The second-order valence-corrected chi connectivity index (χ2v) is 5.97. The molecule has 4 nitrogen and oxygen atoms in total. The molecule has 122 valence electrons. The zero-order valence-corrected chi connectivity index (χ0v) is 13.7. The van der Waals surface area contributed by atoms with Gasteiger partial charge in [-0.05, 0) is 41.8 Å². The van der Waals surface area contributed by atoms with Gasteiger partial charge in [0, 0.05) is 5.56 Å². The average Bonchev–Trinajstić information content (AvgIpc) is 3.08. The number of H-pyrrole nitrogens is 1. The molecule has 3 aromatic carbocycles. The number of benzene rings is 3. The van der Waals surface area contributed by atoms with Gasteiger partial charge in [-0.2, -0.15) is 0 Å². The number of imidazole rings is 1. The number of aromatic amines is 1. The van der Waals surface area contributed by atoms with Gasteiger partial charge in [-0.25, -0.2) is 9.78 Å². The van der Waals surface area contributed by atoms with Crippen LogP contribution in [0.1, 0.15) is 15.9 Å². The van der Waals surface area contributed by atoms with Gasteiger partial charge in [0.25, 0.3) is 0 Å². The minimum absolute atomic E-state index is 0.250. The van der Waals surface area contributed by atoms with E-state index in [1.165, 1.54) is 0 Å². The Balaban J connectivity index is 1.85. The van der Waals surface area contributed by atoms with Crippen LogP contribution in [0.3, 0.4) is 0 Å². The molecule has 4 heteroatoms. The van der Waals surface area contributed by atoms with Crippen molar-refractivity contribution in [1.29, 1.82) is 0 Å². The molecule has 0 atom stereocenters. The highest BCUT2D eigenvalue weighted by Gasteiger charge is 2.12. The average molecular weight is 328 g/mol. The number of rotatable bonds is 3.